The van der Waals surface area contributed by atoms with Gasteiger partial charge in [0.25, 0.3) is 0 Å². The van der Waals surface area contributed by atoms with Crippen LogP contribution in [0, 0.1) is 0 Å². The Kier molecular flexibility index (Phi) is 13.5. The Balaban J connectivity index is 0.634. The zero-order valence-corrected chi connectivity index (χ0v) is 67.2. The lowest BCUT2D eigenvalue weighted by Crippen LogP contribution is -2.15. The van der Waals surface area contributed by atoms with Gasteiger partial charge in [-0.05, 0) is 246 Å². The van der Waals surface area contributed by atoms with Gasteiger partial charge < -0.3 is 13.7 Å². The molecule has 0 aliphatic heterocycles. The van der Waals surface area contributed by atoms with Crippen molar-refractivity contribution in [2.45, 2.75) is 57.8 Å². The monoisotopic (exact) mass is 1530 g/mol. The van der Waals surface area contributed by atoms with Gasteiger partial charge in [0.05, 0.1) is 60.7 Å². The second kappa shape index (κ2) is 24.1. The Morgan fingerprint density at radius 2 is 0.433 bits per heavy atom. The highest BCUT2D eigenvalue weighted by atomic mass is 15.2. The summed E-state index contributed by atoms with van der Waals surface area (Å²) >= 11 is 0. The normalized spacial score (nSPS) is 14.1. The third kappa shape index (κ3) is 9.18. The number of benzene rings is 17. The Labute approximate surface area is 692 Å². The van der Waals surface area contributed by atoms with E-state index < -0.39 is 0 Å². The first-order chi connectivity index (χ1) is 58.8. The summed E-state index contributed by atoms with van der Waals surface area (Å²) in [5.74, 6) is 1.40. The topological polar surface area (TPSA) is 50.4 Å². The Bertz CT molecular complexity index is 8250. The highest BCUT2D eigenvalue weighted by Gasteiger charge is 2.39. The molecule has 0 unspecified atom stereocenters. The van der Waals surface area contributed by atoms with Gasteiger partial charge in [-0.15, -0.1) is 0 Å². The van der Waals surface area contributed by atoms with Gasteiger partial charge in [0.2, 0.25) is 5.95 Å². The highest BCUT2D eigenvalue weighted by molar-refractivity contribution is 6.17. The number of hydrogen-bond donors (Lipinski definition) is 0. The second-order valence-corrected chi connectivity index (χ2v) is 35.2. The van der Waals surface area contributed by atoms with Crippen LogP contribution in [0.4, 0.5) is 0 Å². The van der Waals surface area contributed by atoms with Gasteiger partial charge in [0.1, 0.15) is 0 Å². The van der Waals surface area contributed by atoms with E-state index in [1.54, 1.807) is 0 Å². The molecule has 3 aliphatic rings. The number of nitrogens with zero attached hydrogens (tertiary/aromatic N) is 7. The van der Waals surface area contributed by atoms with Gasteiger partial charge >= 0.3 is 0 Å². The average Bonchev–Trinajstić information content (AvgIpc) is 1.57. The second-order valence-electron chi connectivity index (χ2n) is 35.2. The van der Waals surface area contributed by atoms with Gasteiger partial charge in [-0.3, -0.25) is 9.13 Å². The van der Waals surface area contributed by atoms with E-state index in [0.717, 1.165) is 93.7 Å². The van der Waals surface area contributed by atoms with Crippen LogP contribution in [0.3, 0.4) is 0 Å². The number of fused-ring (bicyclic) bond motifs is 25. The van der Waals surface area contributed by atoms with Crippen LogP contribution in [0.15, 0.2) is 358 Å². The van der Waals surface area contributed by atoms with Crippen molar-refractivity contribution in [1.29, 1.82) is 0 Å². The molecular formula is C113H77N7. The van der Waals surface area contributed by atoms with E-state index >= 15 is 0 Å². The minimum atomic E-state index is -0.135. The molecule has 3 aliphatic carbocycles. The van der Waals surface area contributed by atoms with Gasteiger partial charge in [0, 0.05) is 92.6 Å². The van der Waals surface area contributed by atoms with Crippen molar-refractivity contribution in [3.63, 3.8) is 0 Å². The first kappa shape index (κ1) is 67.3. The SMILES string of the molecule is CC1(C)c2ccccc2-c2ccc(-n3c4ccccc4c4cc(-c5ccc6c(c5)c5ccccc5n6-c5nc(-n6c7ccc(-c8ccc9c(c8)c8ccccc8n9-c8ccc9c(c8)C(C)(C)c8ccccc8-9)cc7c7cc(-c8ccc9c(c8)c8ccccc8n9-c8ccc9c(c8)C(C)(C)c8ccccc8-9)ccc76)c6ccccc6n5)ccc43)cc21. The number of rotatable bonds is 8. The fourth-order valence-corrected chi connectivity index (χ4v) is 22.1. The zero-order chi connectivity index (χ0) is 79.5. The Hall–Kier alpha value is -14.9. The molecular weight excluding hydrogens is 1460 g/mol. The summed E-state index contributed by atoms with van der Waals surface area (Å²) in [7, 11) is 0. The molecule has 564 valence electrons. The maximum atomic E-state index is 5.92. The summed E-state index contributed by atoms with van der Waals surface area (Å²) in [5.41, 5.74) is 38.2. The molecule has 0 radical (unpaired) electrons. The molecule has 0 fully saturated rings. The molecule has 0 saturated carbocycles. The van der Waals surface area contributed by atoms with E-state index in [1.165, 1.54) is 149 Å². The third-order valence-corrected chi connectivity index (χ3v) is 27.9. The molecule has 23 aromatic rings. The first-order valence-electron chi connectivity index (χ1n) is 42.0. The largest absolute Gasteiger partial charge is 0.309 e. The maximum Gasteiger partial charge on any atom is 0.237 e. The lowest BCUT2D eigenvalue weighted by molar-refractivity contribution is 0.660. The summed E-state index contributed by atoms with van der Waals surface area (Å²) in [6, 6.07) is 135. The fourth-order valence-electron chi connectivity index (χ4n) is 22.1. The van der Waals surface area contributed by atoms with Gasteiger partial charge in [-0.25, -0.2) is 4.98 Å². The van der Waals surface area contributed by atoms with Crippen LogP contribution in [0.1, 0.15) is 74.9 Å². The molecule has 0 N–H and O–H groups in total. The number of para-hydroxylation sites is 5. The van der Waals surface area contributed by atoms with Crippen LogP contribution >= 0.6 is 0 Å². The van der Waals surface area contributed by atoms with Crippen molar-refractivity contribution in [3.8, 4) is 95.6 Å². The van der Waals surface area contributed by atoms with Crippen molar-refractivity contribution in [2.24, 2.45) is 0 Å². The molecule has 26 rings (SSSR count). The van der Waals surface area contributed by atoms with Crippen LogP contribution in [-0.4, -0.2) is 32.8 Å². The van der Waals surface area contributed by atoms with Gasteiger partial charge in [-0.2, -0.15) is 4.98 Å². The predicted molar refractivity (Wildman–Crippen MR) is 500 cm³/mol. The lowest BCUT2D eigenvalue weighted by Gasteiger charge is -2.22. The summed E-state index contributed by atoms with van der Waals surface area (Å²) in [5, 5.41) is 12.8. The fraction of sp³-hybridized carbons (Fsp3) is 0.0796. The summed E-state index contributed by atoms with van der Waals surface area (Å²) < 4.78 is 12.1. The van der Waals surface area contributed by atoms with Gasteiger partial charge in [0.15, 0.2) is 5.82 Å². The van der Waals surface area contributed by atoms with E-state index in [-0.39, 0.29) is 16.2 Å². The van der Waals surface area contributed by atoms with E-state index in [9.17, 15) is 0 Å². The van der Waals surface area contributed by atoms with Crippen molar-refractivity contribution >= 4 is 120 Å². The summed E-state index contributed by atoms with van der Waals surface area (Å²) in [6.07, 6.45) is 0. The molecule has 0 spiro atoms. The molecule has 17 aromatic carbocycles. The summed E-state index contributed by atoms with van der Waals surface area (Å²) in [6.45, 7) is 14.2. The minimum Gasteiger partial charge on any atom is -0.309 e. The van der Waals surface area contributed by atoms with Crippen molar-refractivity contribution < 1.29 is 0 Å². The number of hydrogen-bond acceptors (Lipinski definition) is 2. The van der Waals surface area contributed by atoms with Crippen molar-refractivity contribution in [2.75, 3.05) is 0 Å². The molecule has 6 heterocycles. The summed E-state index contributed by atoms with van der Waals surface area (Å²) in [4.78, 5) is 11.5. The van der Waals surface area contributed by atoms with Gasteiger partial charge in [-0.1, -0.05) is 254 Å². The number of aromatic nitrogens is 7. The van der Waals surface area contributed by atoms with E-state index in [2.05, 4.69) is 422 Å². The van der Waals surface area contributed by atoms with E-state index in [0.29, 0.717) is 5.95 Å². The molecule has 6 aromatic heterocycles. The smallest absolute Gasteiger partial charge is 0.237 e. The van der Waals surface area contributed by atoms with Crippen molar-refractivity contribution in [1.82, 2.24) is 32.8 Å². The first-order valence-corrected chi connectivity index (χ1v) is 42.0. The highest BCUT2D eigenvalue weighted by Crippen LogP contribution is 2.54. The Morgan fingerprint density at radius 3 is 0.775 bits per heavy atom. The quantitative estimate of drug-likeness (QED) is 0.152. The van der Waals surface area contributed by atoms with Crippen LogP contribution in [-0.2, 0) is 16.2 Å². The molecule has 120 heavy (non-hydrogen) atoms. The molecule has 7 heteroatoms. The molecule has 7 nitrogen and oxygen atoms in total. The molecule has 0 bridgehead atoms. The van der Waals surface area contributed by atoms with Crippen LogP contribution in [0.5, 0.6) is 0 Å². The van der Waals surface area contributed by atoms with E-state index in [1.807, 2.05) is 0 Å². The third-order valence-electron chi connectivity index (χ3n) is 27.9. The molecule has 0 saturated heterocycles. The maximum absolute atomic E-state index is 5.92. The molecule has 0 atom stereocenters. The van der Waals surface area contributed by atoms with Crippen LogP contribution in [0.2, 0.25) is 0 Å². The lowest BCUT2D eigenvalue weighted by atomic mass is 9.82. The minimum absolute atomic E-state index is 0.119. The standard InChI is InChI=1S/C113H77N7/c1-111(2)92-31-15-7-23-75(92)78-48-45-72(63-95(78)111)116-99-35-19-11-26-81(99)86-57-66(39-51-103(86)116)69-44-56-108-89(60-69)84-29-14-22-38-102(84)120(108)110-114-98-34-18-10-30-85(98)109(115-110)119-106-54-42-70(67-40-52-104-87(58-67)82-27-12-20-36-100(82)117(104)73-46-49-79-76-24-8-16-32-93(76)112(3,4)96(79)64-73)61-90(106)91-62-71(43-55-107(91)119)68-41-53-105-88(59-68)83-28-13-21-37-101(83)118(105)74-47-50-80-77-25-9-17-33-94(77)113(5,6)97(80)65-74/h7-65H,1-6H3. The van der Waals surface area contributed by atoms with E-state index in [4.69, 9.17) is 9.97 Å². The van der Waals surface area contributed by atoms with Crippen LogP contribution in [0.25, 0.3) is 216 Å². The molecule has 0 amide bonds. The van der Waals surface area contributed by atoms with Crippen LogP contribution < -0.4 is 0 Å². The van der Waals surface area contributed by atoms with Crippen molar-refractivity contribution in [3.05, 3.63) is 391 Å². The average molecular weight is 1530 g/mol. The zero-order valence-electron chi connectivity index (χ0n) is 67.2. The predicted octanol–water partition coefficient (Wildman–Crippen LogP) is 29.0. The Morgan fingerprint density at radius 1 is 0.183 bits per heavy atom.